The maximum absolute atomic E-state index is 6.17. The van der Waals surface area contributed by atoms with Crippen LogP contribution in [0.15, 0.2) is 22.7 Å². The van der Waals surface area contributed by atoms with Crippen molar-refractivity contribution >= 4 is 27.5 Å². The van der Waals surface area contributed by atoms with Gasteiger partial charge in [0, 0.05) is 16.0 Å². The average molecular weight is 346 g/mol. The van der Waals surface area contributed by atoms with Crippen molar-refractivity contribution in [3.05, 3.63) is 33.3 Å². The molecule has 1 aromatic rings. The largest absolute Gasteiger partial charge is 0.313 e. The zero-order valence-electron chi connectivity index (χ0n) is 11.5. The molecule has 0 aliphatic carbocycles. The van der Waals surface area contributed by atoms with Gasteiger partial charge in [0.1, 0.15) is 0 Å². The molecule has 2 nitrogen and oxygen atoms in total. The Kier molecular flexibility index (Phi) is 6.14. The van der Waals surface area contributed by atoms with Crippen LogP contribution in [0, 0.1) is 5.92 Å². The average Bonchev–Trinajstić information content (AvgIpc) is 2.40. The number of rotatable bonds is 5. The van der Waals surface area contributed by atoms with Gasteiger partial charge < -0.3 is 10.2 Å². The molecule has 1 heterocycles. The molecule has 0 aromatic heterocycles. The van der Waals surface area contributed by atoms with Gasteiger partial charge in [-0.1, -0.05) is 27.5 Å². The predicted molar refractivity (Wildman–Crippen MR) is 85.7 cm³/mol. The van der Waals surface area contributed by atoms with Gasteiger partial charge in [-0.05, 0) is 75.6 Å². The van der Waals surface area contributed by atoms with Gasteiger partial charge in [0.2, 0.25) is 0 Å². The molecule has 1 saturated heterocycles. The molecule has 0 radical (unpaired) electrons. The first-order valence-corrected chi connectivity index (χ1v) is 8.15. The highest BCUT2D eigenvalue weighted by Gasteiger charge is 2.15. The van der Waals surface area contributed by atoms with E-state index in [2.05, 4.69) is 39.3 Å². The summed E-state index contributed by atoms with van der Waals surface area (Å²) in [7, 11) is 2.21. The molecule has 0 unspecified atom stereocenters. The molecule has 19 heavy (non-hydrogen) atoms. The molecular formula is C15H22BrClN2. The third kappa shape index (κ3) is 5.07. The van der Waals surface area contributed by atoms with Crippen molar-refractivity contribution < 1.29 is 0 Å². The second-order valence-electron chi connectivity index (χ2n) is 5.45. The van der Waals surface area contributed by atoms with Crippen LogP contribution in [0.25, 0.3) is 0 Å². The lowest BCUT2D eigenvalue weighted by molar-refractivity contribution is 0.211. The normalized spacial score (nSPS) is 17.8. The number of piperidine rings is 1. The first kappa shape index (κ1) is 15.3. The van der Waals surface area contributed by atoms with Gasteiger partial charge in [-0.15, -0.1) is 0 Å². The van der Waals surface area contributed by atoms with Crippen molar-refractivity contribution in [3.63, 3.8) is 0 Å². The Balaban J connectivity index is 1.68. The quantitative estimate of drug-likeness (QED) is 0.814. The topological polar surface area (TPSA) is 15.3 Å². The van der Waals surface area contributed by atoms with Crippen molar-refractivity contribution in [2.75, 3.05) is 26.7 Å². The molecule has 0 amide bonds. The molecule has 1 fully saturated rings. The number of benzene rings is 1. The Labute approximate surface area is 129 Å². The van der Waals surface area contributed by atoms with Crippen LogP contribution in [0.3, 0.4) is 0 Å². The maximum Gasteiger partial charge on any atom is 0.0451 e. The van der Waals surface area contributed by atoms with E-state index < -0.39 is 0 Å². The SMILES string of the molecule is CN1CCC(CCNCc2cc(Br)ccc2Cl)CC1. The maximum atomic E-state index is 6.17. The fraction of sp³-hybridized carbons (Fsp3) is 0.600. The van der Waals surface area contributed by atoms with Crippen molar-refractivity contribution in [2.45, 2.75) is 25.8 Å². The molecule has 0 atom stereocenters. The molecule has 1 aliphatic heterocycles. The zero-order valence-corrected chi connectivity index (χ0v) is 13.8. The molecular weight excluding hydrogens is 324 g/mol. The summed E-state index contributed by atoms with van der Waals surface area (Å²) in [6, 6.07) is 6.01. The summed E-state index contributed by atoms with van der Waals surface area (Å²) >= 11 is 9.66. The molecule has 1 aliphatic rings. The monoisotopic (exact) mass is 344 g/mol. The van der Waals surface area contributed by atoms with Gasteiger partial charge >= 0.3 is 0 Å². The van der Waals surface area contributed by atoms with Crippen molar-refractivity contribution in [2.24, 2.45) is 5.92 Å². The zero-order chi connectivity index (χ0) is 13.7. The Bertz CT molecular complexity index is 403. The van der Waals surface area contributed by atoms with E-state index in [0.29, 0.717) is 0 Å². The summed E-state index contributed by atoms with van der Waals surface area (Å²) < 4.78 is 1.09. The molecule has 0 spiro atoms. The Morgan fingerprint density at radius 2 is 2.11 bits per heavy atom. The Morgan fingerprint density at radius 3 is 2.84 bits per heavy atom. The van der Waals surface area contributed by atoms with Gasteiger partial charge in [0.25, 0.3) is 0 Å². The summed E-state index contributed by atoms with van der Waals surface area (Å²) in [6.45, 7) is 4.44. The summed E-state index contributed by atoms with van der Waals surface area (Å²) in [4.78, 5) is 2.42. The lowest BCUT2D eigenvalue weighted by Gasteiger charge is -2.28. The second-order valence-corrected chi connectivity index (χ2v) is 6.77. The molecule has 2 rings (SSSR count). The third-order valence-corrected chi connectivity index (χ3v) is 4.75. The minimum absolute atomic E-state index is 0.843. The third-order valence-electron chi connectivity index (χ3n) is 3.89. The van der Waals surface area contributed by atoms with Crippen LogP contribution < -0.4 is 5.32 Å². The molecule has 1 aromatic carbocycles. The van der Waals surface area contributed by atoms with Gasteiger partial charge in [-0.3, -0.25) is 0 Å². The minimum Gasteiger partial charge on any atom is -0.313 e. The highest BCUT2D eigenvalue weighted by Crippen LogP contribution is 2.21. The smallest absolute Gasteiger partial charge is 0.0451 e. The first-order chi connectivity index (χ1) is 9.15. The number of likely N-dealkylation sites (tertiary alicyclic amines) is 1. The van der Waals surface area contributed by atoms with E-state index in [-0.39, 0.29) is 0 Å². The van der Waals surface area contributed by atoms with Crippen molar-refractivity contribution in [3.8, 4) is 0 Å². The number of hydrogen-bond acceptors (Lipinski definition) is 2. The molecule has 106 valence electrons. The van der Waals surface area contributed by atoms with Crippen LogP contribution in [0.4, 0.5) is 0 Å². The summed E-state index contributed by atoms with van der Waals surface area (Å²) in [5.41, 5.74) is 1.17. The van der Waals surface area contributed by atoms with E-state index in [1.54, 1.807) is 0 Å². The number of halogens is 2. The van der Waals surface area contributed by atoms with Crippen LogP contribution in [-0.4, -0.2) is 31.6 Å². The first-order valence-electron chi connectivity index (χ1n) is 6.98. The molecule has 0 bridgehead atoms. The fourth-order valence-electron chi connectivity index (χ4n) is 2.56. The van der Waals surface area contributed by atoms with E-state index in [1.807, 2.05) is 12.1 Å². The lowest BCUT2D eigenvalue weighted by Crippen LogP contribution is -2.31. The summed E-state index contributed by atoms with van der Waals surface area (Å²) in [6.07, 6.45) is 3.96. The standard InChI is InChI=1S/C15H22BrClN2/c1-19-8-5-12(6-9-19)4-7-18-11-13-10-14(16)2-3-15(13)17/h2-3,10,12,18H,4-9,11H2,1H3. The van der Waals surface area contributed by atoms with Crippen LogP contribution in [0.2, 0.25) is 5.02 Å². The highest BCUT2D eigenvalue weighted by molar-refractivity contribution is 9.10. The van der Waals surface area contributed by atoms with Gasteiger partial charge in [-0.25, -0.2) is 0 Å². The number of hydrogen-bond donors (Lipinski definition) is 1. The van der Waals surface area contributed by atoms with Gasteiger partial charge in [0.05, 0.1) is 0 Å². The molecule has 4 heteroatoms. The predicted octanol–water partition coefficient (Wildman–Crippen LogP) is 3.92. The Hall–Kier alpha value is -0.0900. The van der Waals surface area contributed by atoms with Crippen molar-refractivity contribution in [1.82, 2.24) is 10.2 Å². The number of nitrogens with zero attached hydrogens (tertiary/aromatic N) is 1. The number of nitrogens with one attached hydrogen (secondary N) is 1. The Morgan fingerprint density at radius 1 is 1.37 bits per heavy atom. The summed E-state index contributed by atoms with van der Waals surface area (Å²) in [5.74, 6) is 0.890. The fourth-order valence-corrected chi connectivity index (χ4v) is 3.15. The van der Waals surface area contributed by atoms with E-state index in [9.17, 15) is 0 Å². The van der Waals surface area contributed by atoms with Crippen LogP contribution >= 0.6 is 27.5 Å². The van der Waals surface area contributed by atoms with Gasteiger partial charge in [0.15, 0.2) is 0 Å². The van der Waals surface area contributed by atoms with Crippen LogP contribution in [-0.2, 0) is 6.54 Å². The van der Waals surface area contributed by atoms with E-state index >= 15 is 0 Å². The molecule has 1 N–H and O–H groups in total. The molecule has 0 saturated carbocycles. The van der Waals surface area contributed by atoms with Crippen molar-refractivity contribution in [1.29, 1.82) is 0 Å². The van der Waals surface area contributed by atoms with Gasteiger partial charge in [-0.2, -0.15) is 0 Å². The van der Waals surface area contributed by atoms with E-state index in [1.165, 1.54) is 37.9 Å². The van der Waals surface area contributed by atoms with E-state index in [0.717, 1.165) is 28.5 Å². The highest BCUT2D eigenvalue weighted by atomic mass is 79.9. The van der Waals surface area contributed by atoms with Crippen LogP contribution in [0.5, 0.6) is 0 Å². The second kappa shape index (κ2) is 7.63. The van der Waals surface area contributed by atoms with E-state index in [4.69, 9.17) is 11.6 Å². The lowest BCUT2D eigenvalue weighted by atomic mass is 9.94. The minimum atomic E-state index is 0.843. The summed E-state index contributed by atoms with van der Waals surface area (Å²) in [5, 5.41) is 4.35. The van der Waals surface area contributed by atoms with Crippen LogP contribution in [0.1, 0.15) is 24.8 Å².